The summed E-state index contributed by atoms with van der Waals surface area (Å²) < 4.78 is 4.86. The first-order valence-corrected chi connectivity index (χ1v) is 5.47. The summed E-state index contributed by atoms with van der Waals surface area (Å²) in [7, 11) is 0. The van der Waals surface area contributed by atoms with Gasteiger partial charge in [0, 0.05) is 6.04 Å². The highest BCUT2D eigenvalue weighted by Crippen LogP contribution is 2.17. The number of nitrogens with one attached hydrogen (secondary N) is 1. The van der Waals surface area contributed by atoms with Gasteiger partial charge in [0.1, 0.15) is 0 Å². The number of hydrogen-bond donors (Lipinski definition) is 1. The zero-order chi connectivity index (χ0) is 11.4. The van der Waals surface area contributed by atoms with Gasteiger partial charge >= 0.3 is 0 Å². The Kier molecular flexibility index (Phi) is 4.21. The van der Waals surface area contributed by atoms with E-state index in [-0.39, 0.29) is 17.2 Å². The molecule has 1 heterocycles. The van der Waals surface area contributed by atoms with E-state index in [1.165, 1.54) is 6.26 Å². The van der Waals surface area contributed by atoms with E-state index >= 15 is 0 Å². The minimum atomic E-state index is -0.179. The zero-order valence-electron chi connectivity index (χ0n) is 9.21. The van der Waals surface area contributed by atoms with Crippen LogP contribution in [0.15, 0.2) is 16.7 Å². The lowest BCUT2D eigenvalue weighted by atomic mass is 10.0. The fourth-order valence-electron chi connectivity index (χ4n) is 1.24. The van der Waals surface area contributed by atoms with Crippen molar-refractivity contribution < 1.29 is 9.21 Å². The van der Waals surface area contributed by atoms with Crippen LogP contribution in [0.3, 0.4) is 0 Å². The van der Waals surface area contributed by atoms with Crippen molar-refractivity contribution in [2.24, 2.45) is 5.92 Å². The summed E-state index contributed by atoms with van der Waals surface area (Å²) in [6, 6.07) is 1.70. The molecule has 0 fully saturated rings. The van der Waals surface area contributed by atoms with Crippen LogP contribution in [-0.4, -0.2) is 11.9 Å². The molecule has 0 aromatic carbocycles. The van der Waals surface area contributed by atoms with Gasteiger partial charge in [-0.1, -0.05) is 20.3 Å². The van der Waals surface area contributed by atoms with Crippen molar-refractivity contribution in [3.05, 3.63) is 23.1 Å². The summed E-state index contributed by atoms with van der Waals surface area (Å²) >= 11 is 5.70. The number of carbonyl (C=O) groups is 1. The molecular weight excluding hydrogens is 214 g/mol. The van der Waals surface area contributed by atoms with Gasteiger partial charge in [-0.3, -0.25) is 4.79 Å². The molecule has 1 rings (SSSR count). The van der Waals surface area contributed by atoms with E-state index in [9.17, 15) is 4.79 Å². The third-order valence-electron chi connectivity index (χ3n) is 2.72. The van der Waals surface area contributed by atoms with Crippen molar-refractivity contribution in [1.82, 2.24) is 5.32 Å². The predicted octanol–water partition coefficient (Wildman–Crippen LogP) is 3.10. The topological polar surface area (TPSA) is 42.2 Å². The molecule has 1 aromatic rings. The first kappa shape index (κ1) is 12.1. The van der Waals surface area contributed by atoms with Gasteiger partial charge in [0.25, 0.3) is 5.91 Å². The molecule has 0 radical (unpaired) electrons. The Balaban J connectivity index is 2.60. The number of carbonyl (C=O) groups excluding carboxylic acids is 1. The van der Waals surface area contributed by atoms with Crippen molar-refractivity contribution in [2.75, 3.05) is 0 Å². The first-order chi connectivity index (χ1) is 7.06. The Morgan fingerprint density at radius 3 is 2.73 bits per heavy atom. The average molecular weight is 230 g/mol. The van der Waals surface area contributed by atoms with Crippen LogP contribution in [0.4, 0.5) is 0 Å². The van der Waals surface area contributed by atoms with Crippen molar-refractivity contribution in [3.63, 3.8) is 0 Å². The van der Waals surface area contributed by atoms with Crippen molar-refractivity contribution in [1.29, 1.82) is 0 Å². The van der Waals surface area contributed by atoms with Crippen LogP contribution in [0.2, 0.25) is 5.22 Å². The lowest BCUT2D eigenvalue weighted by molar-refractivity contribution is 0.0927. The Morgan fingerprint density at radius 2 is 2.27 bits per heavy atom. The lowest BCUT2D eigenvalue weighted by Crippen LogP contribution is -2.36. The predicted molar refractivity (Wildman–Crippen MR) is 60.1 cm³/mol. The molecule has 3 nitrogen and oxygen atoms in total. The van der Waals surface area contributed by atoms with E-state index in [4.69, 9.17) is 16.0 Å². The van der Waals surface area contributed by atoms with Gasteiger partial charge < -0.3 is 9.73 Å². The van der Waals surface area contributed by atoms with E-state index in [1.807, 2.05) is 6.92 Å². The second-order valence-corrected chi connectivity index (χ2v) is 4.10. The summed E-state index contributed by atoms with van der Waals surface area (Å²) in [5.74, 6) is 0.265. The minimum absolute atomic E-state index is 0.133. The van der Waals surface area contributed by atoms with Gasteiger partial charge in [-0.15, -0.1) is 0 Å². The number of rotatable bonds is 4. The Hall–Kier alpha value is -0.960. The molecule has 84 valence electrons. The molecule has 0 aliphatic rings. The maximum Gasteiger partial charge on any atom is 0.256 e. The second-order valence-electron chi connectivity index (χ2n) is 3.76. The van der Waals surface area contributed by atoms with Crippen LogP contribution >= 0.6 is 11.6 Å². The Labute approximate surface area is 94.8 Å². The zero-order valence-corrected chi connectivity index (χ0v) is 9.97. The molecule has 15 heavy (non-hydrogen) atoms. The first-order valence-electron chi connectivity index (χ1n) is 5.10. The van der Waals surface area contributed by atoms with Crippen LogP contribution in [-0.2, 0) is 0 Å². The van der Waals surface area contributed by atoms with Gasteiger partial charge in [-0.25, -0.2) is 0 Å². The molecule has 0 saturated heterocycles. The standard InChI is InChI=1S/C11H16ClNO2/c1-4-7(2)8(3)13-11(14)9-5-6-15-10(9)12/h5-8H,4H2,1-3H3,(H,13,14). The molecule has 0 spiro atoms. The molecule has 1 N–H and O–H groups in total. The van der Waals surface area contributed by atoms with Gasteiger partial charge in [0.2, 0.25) is 5.22 Å². The third kappa shape index (κ3) is 2.99. The van der Waals surface area contributed by atoms with Crippen LogP contribution < -0.4 is 5.32 Å². The summed E-state index contributed by atoms with van der Waals surface area (Å²) in [5.41, 5.74) is 0.395. The van der Waals surface area contributed by atoms with E-state index in [0.29, 0.717) is 11.5 Å². The highest BCUT2D eigenvalue weighted by Gasteiger charge is 2.17. The second kappa shape index (κ2) is 5.21. The van der Waals surface area contributed by atoms with Gasteiger partial charge in [-0.05, 0) is 30.5 Å². The molecule has 0 saturated carbocycles. The molecular formula is C11H16ClNO2. The number of halogens is 1. The minimum Gasteiger partial charge on any atom is -0.452 e. The summed E-state index contributed by atoms with van der Waals surface area (Å²) in [4.78, 5) is 11.7. The maximum absolute atomic E-state index is 11.7. The fraction of sp³-hybridized carbons (Fsp3) is 0.545. The van der Waals surface area contributed by atoms with Crippen molar-refractivity contribution >= 4 is 17.5 Å². The van der Waals surface area contributed by atoms with E-state index in [2.05, 4.69) is 19.2 Å². The van der Waals surface area contributed by atoms with Gasteiger partial charge in [-0.2, -0.15) is 0 Å². The normalized spacial score (nSPS) is 14.7. The lowest BCUT2D eigenvalue weighted by Gasteiger charge is -2.19. The highest BCUT2D eigenvalue weighted by atomic mass is 35.5. The maximum atomic E-state index is 11.7. The number of furan rings is 1. The fourth-order valence-corrected chi connectivity index (χ4v) is 1.44. The SMILES string of the molecule is CCC(C)C(C)NC(=O)c1ccoc1Cl. The number of hydrogen-bond acceptors (Lipinski definition) is 2. The smallest absolute Gasteiger partial charge is 0.256 e. The molecule has 1 amide bonds. The summed E-state index contributed by atoms with van der Waals surface area (Å²) in [5, 5.41) is 3.03. The molecule has 1 aromatic heterocycles. The third-order valence-corrected chi connectivity index (χ3v) is 3.01. The molecule has 2 atom stereocenters. The van der Waals surface area contributed by atoms with Crippen molar-refractivity contribution in [3.8, 4) is 0 Å². The largest absolute Gasteiger partial charge is 0.452 e. The van der Waals surface area contributed by atoms with E-state index in [0.717, 1.165) is 6.42 Å². The summed E-state index contributed by atoms with van der Waals surface area (Å²) in [6.07, 6.45) is 2.44. The molecule has 0 bridgehead atoms. The quantitative estimate of drug-likeness (QED) is 0.862. The molecule has 0 aliphatic heterocycles. The molecule has 2 unspecified atom stereocenters. The Bertz CT molecular complexity index is 335. The highest BCUT2D eigenvalue weighted by molar-refractivity contribution is 6.32. The molecule has 0 aliphatic carbocycles. The van der Waals surface area contributed by atoms with Crippen LogP contribution in [0.1, 0.15) is 37.6 Å². The van der Waals surface area contributed by atoms with Crippen LogP contribution in [0.25, 0.3) is 0 Å². The van der Waals surface area contributed by atoms with Crippen molar-refractivity contribution in [2.45, 2.75) is 33.2 Å². The number of amides is 1. The monoisotopic (exact) mass is 229 g/mol. The Morgan fingerprint density at radius 1 is 1.60 bits per heavy atom. The van der Waals surface area contributed by atoms with E-state index in [1.54, 1.807) is 6.07 Å². The average Bonchev–Trinajstić information content (AvgIpc) is 2.63. The van der Waals surface area contributed by atoms with Gasteiger partial charge in [0.05, 0.1) is 11.8 Å². The van der Waals surface area contributed by atoms with Crippen LogP contribution in [0.5, 0.6) is 0 Å². The van der Waals surface area contributed by atoms with Gasteiger partial charge in [0.15, 0.2) is 0 Å². The van der Waals surface area contributed by atoms with E-state index < -0.39 is 0 Å². The summed E-state index contributed by atoms with van der Waals surface area (Å²) in [6.45, 7) is 6.18. The van der Waals surface area contributed by atoms with Crippen LogP contribution in [0, 0.1) is 5.92 Å². The molecule has 4 heteroatoms.